The van der Waals surface area contributed by atoms with Gasteiger partial charge in [0.1, 0.15) is 4.88 Å². The molecule has 0 aromatic carbocycles. The Bertz CT molecular complexity index is 423. The molecule has 19 heavy (non-hydrogen) atoms. The van der Waals surface area contributed by atoms with E-state index in [-0.39, 0.29) is 11.5 Å². The van der Waals surface area contributed by atoms with Gasteiger partial charge in [0.05, 0.1) is 12.3 Å². The minimum absolute atomic E-state index is 0.227. The highest BCUT2D eigenvalue weighted by atomic mass is 32.2. The lowest BCUT2D eigenvalue weighted by molar-refractivity contribution is 0.0697. The molecule has 108 valence electrons. The van der Waals surface area contributed by atoms with E-state index < -0.39 is 5.97 Å². The molecule has 0 radical (unpaired) electrons. The second-order valence-electron chi connectivity index (χ2n) is 4.14. The van der Waals surface area contributed by atoms with Crippen molar-refractivity contribution in [3.63, 3.8) is 0 Å². The zero-order valence-electron chi connectivity index (χ0n) is 11.7. The molecule has 0 aliphatic heterocycles. The fraction of sp³-hybridized carbons (Fsp3) is 0.667. The number of anilines is 1. The van der Waals surface area contributed by atoms with Crippen molar-refractivity contribution in [2.24, 2.45) is 0 Å². The van der Waals surface area contributed by atoms with E-state index in [1.807, 2.05) is 7.05 Å². The van der Waals surface area contributed by atoms with E-state index in [0.717, 1.165) is 17.3 Å². The predicted octanol–water partition coefficient (Wildman–Crippen LogP) is 2.57. The Morgan fingerprint density at radius 2 is 2.32 bits per heavy atom. The van der Waals surface area contributed by atoms with Gasteiger partial charge >= 0.3 is 5.97 Å². The third kappa shape index (κ3) is 4.09. The van der Waals surface area contributed by atoms with Gasteiger partial charge in [0.15, 0.2) is 5.13 Å². The number of ether oxygens (including phenoxy) is 1. The van der Waals surface area contributed by atoms with Crippen LogP contribution >= 0.6 is 23.1 Å². The van der Waals surface area contributed by atoms with Crippen LogP contribution in [-0.2, 0) is 11.3 Å². The highest BCUT2D eigenvalue weighted by Crippen LogP contribution is 2.28. The fourth-order valence-corrected chi connectivity index (χ4v) is 3.53. The molecule has 5 nitrogen and oxygen atoms in total. The first-order valence-corrected chi connectivity index (χ1v) is 8.19. The number of carbonyl (C=O) groups is 1. The second-order valence-corrected chi connectivity index (χ2v) is 6.03. The average Bonchev–Trinajstić information content (AvgIpc) is 2.80. The molecule has 0 saturated heterocycles. The number of methoxy groups -OCH3 is 1. The number of rotatable bonds is 8. The Kier molecular flexibility index (Phi) is 6.60. The highest BCUT2D eigenvalue weighted by molar-refractivity contribution is 7.98. The van der Waals surface area contributed by atoms with E-state index >= 15 is 0 Å². The van der Waals surface area contributed by atoms with Crippen LogP contribution in [0.15, 0.2) is 0 Å². The van der Waals surface area contributed by atoms with Crippen LogP contribution in [0.5, 0.6) is 0 Å². The largest absolute Gasteiger partial charge is 0.477 e. The molecule has 0 bridgehead atoms. The lowest BCUT2D eigenvalue weighted by atomic mass is 10.2. The van der Waals surface area contributed by atoms with Gasteiger partial charge in [-0.15, -0.1) is 0 Å². The number of aromatic carboxylic acids is 1. The third-order valence-corrected chi connectivity index (χ3v) is 4.74. The molecule has 0 aliphatic rings. The smallest absolute Gasteiger partial charge is 0.347 e. The van der Waals surface area contributed by atoms with Gasteiger partial charge in [-0.2, -0.15) is 11.8 Å². The monoisotopic (exact) mass is 304 g/mol. The van der Waals surface area contributed by atoms with E-state index in [0.29, 0.717) is 11.7 Å². The Hall–Kier alpha value is -0.790. The van der Waals surface area contributed by atoms with E-state index in [1.165, 1.54) is 18.4 Å². The molecule has 1 aromatic heterocycles. The Morgan fingerprint density at radius 3 is 2.79 bits per heavy atom. The van der Waals surface area contributed by atoms with Crippen molar-refractivity contribution in [3.8, 4) is 0 Å². The lowest BCUT2D eigenvalue weighted by Crippen LogP contribution is -2.33. The summed E-state index contributed by atoms with van der Waals surface area (Å²) in [5.41, 5.74) is 0.501. The van der Waals surface area contributed by atoms with Gasteiger partial charge in [-0.05, 0) is 12.7 Å². The van der Waals surface area contributed by atoms with Crippen LogP contribution in [0, 0.1) is 0 Å². The Balaban J connectivity index is 2.99. The van der Waals surface area contributed by atoms with Crippen LogP contribution in [0.2, 0.25) is 0 Å². The van der Waals surface area contributed by atoms with Crippen molar-refractivity contribution >= 4 is 34.2 Å². The first kappa shape index (κ1) is 16.3. The van der Waals surface area contributed by atoms with E-state index in [9.17, 15) is 9.90 Å². The van der Waals surface area contributed by atoms with Crippen molar-refractivity contribution in [2.45, 2.75) is 26.0 Å². The Labute approximate surface area is 122 Å². The summed E-state index contributed by atoms with van der Waals surface area (Å²) in [7, 11) is 3.50. The van der Waals surface area contributed by atoms with Crippen LogP contribution in [0.1, 0.15) is 28.7 Å². The van der Waals surface area contributed by atoms with Crippen molar-refractivity contribution < 1.29 is 14.6 Å². The zero-order valence-corrected chi connectivity index (χ0v) is 13.3. The maximum absolute atomic E-state index is 11.2. The normalized spacial score (nSPS) is 12.4. The van der Waals surface area contributed by atoms with Gasteiger partial charge in [-0.1, -0.05) is 18.3 Å². The van der Waals surface area contributed by atoms with Gasteiger partial charge in [-0.3, -0.25) is 0 Å². The van der Waals surface area contributed by atoms with Crippen LogP contribution in [0.25, 0.3) is 0 Å². The first-order valence-electron chi connectivity index (χ1n) is 5.98. The highest BCUT2D eigenvalue weighted by Gasteiger charge is 2.22. The molecular formula is C12H20N2O3S2. The number of nitrogens with zero attached hydrogens (tertiary/aromatic N) is 2. The molecule has 0 saturated carbocycles. The molecule has 0 fully saturated rings. The molecule has 7 heteroatoms. The van der Waals surface area contributed by atoms with Gasteiger partial charge in [0.2, 0.25) is 0 Å². The van der Waals surface area contributed by atoms with Gasteiger partial charge < -0.3 is 14.7 Å². The van der Waals surface area contributed by atoms with Gasteiger partial charge in [-0.25, -0.2) is 9.78 Å². The topological polar surface area (TPSA) is 62.7 Å². The summed E-state index contributed by atoms with van der Waals surface area (Å²) >= 11 is 2.99. The summed E-state index contributed by atoms with van der Waals surface area (Å²) in [5, 5.41) is 9.92. The molecule has 0 spiro atoms. The van der Waals surface area contributed by atoms with Gasteiger partial charge in [0.25, 0.3) is 0 Å². The number of hydrogen-bond donors (Lipinski definition) is 1. The van der Waals surface area contributed by atoms with Crippen LogP contribution < -0.4 is 4.90 Å². The molecule has 1 heterocycles. The predicted molar refractivity (Wildman–Crippen MR) is 80.7 cm³/mol. The zero-order chi connectivity index (χ0) is 14.4. The third-order valence-electron chi connectivity index (χ3n) is 2.84. The van der Waals surface area contributed by atoms with Crippen LogP contribution in [0.3, 0.4) is 0 Å². The summed E-state index contributed by atoms with van der Waals surface area (Å²) in [6, 6.07) is 0.359. The molecule has 1 aromatic rings. The second kappa shape index (κ2) is 7.72. The van der Waals surface area contributed by atoms with E-state index in [1.54, 1.807) is 11.8 Å². The summed E-state index contributed by atoms with van der Waals surface area (Å²) in [5.74, 6) is 0.0522. The van der Waals surface area contributed by atoms with Crippen molar-refractivity contribution in [3.05, 3.63) is 10.6 Å². The summed E-state index contributed by atoms with van der Waals surface area (Å²) < 4.78 is 5.00. The summed E-state index contributed by atoms with van der Waals surface area (Å²) in [6.45, 7) is 2.35. The fourth-order valence-electron chi connectivity index (χ4n) is 1.74. The van der Waals surface area contributed by atoms with Crippen molar-refractivity contribution in [1.29, 1.82) is 0 Å². The standard InChI is InChI=1S/C12H20N2O3S2/c1-5-8(7-18-4)14(2)12-13-9(6-17-3)10(19-12)11(15)16/h8H,5-7H2,1-4H3,(H,15,16). The first-order chi connectivity index (χ1) is 9.04. The summed E-state index contributed by atoms with van der Waals surface area (Å²) in [4.78, 5) is 17.9. The number of thiazole rings is 1. The number of aromatic nitrogens is 1. The minimum atomic E-state index is -0.942. The number of carboxylic acid groups (broad SMARTS) is 1. The van der Waals surface area contributed by atoms with E-state index in [2.05, 4.69) is 23.1 Å². The maximum Gasteiger partial charge on any atom is 0.347 e. The van der Waals surface area contributed by atoms with Gasteiger partial charge in [0, 0.05) is 26.0 Å². The van der Waals surface area contributed by atoms with Crippen LogP contribution in [-0.4, -0.2) is 48.3 Å². The number of carboxylic acids is 1. The maximum atomic E-state index is 11.2. The number of hydrogen-bond acceptors (Lipinski definition) is 6. The minimum Gasteiger partial charge on any atom is -0.477 e. The average molecular weight is 304 g/mol. The molecule has 0 amide bonds. The quantitative estimate of drug-likeness (QED) is 0.796. The lowest BCUT2D eigenvalue weighted by Gasteiger charge is -2.26. The van der Waals surface area contributed by atoms with Crippen molar-refractivity contribution in [2.75, 3.05) is 31.1 Å². The molecule has 1 unspecified atom stereocenters. The summed E-state index contributed by atoms with van der Waals surface area (Å²) in [6.07, 6.45) is 3.07. The number of thioether (sulfide) groups is 1. The molecule has 1 rings (SSSR count). The van der Waals surface area contributed by atoms with Crippen molar-refractivity contribution in [1.82, 2.24) is 4.98 Å². The van der Waals surface area contributed by atoms with Crippen LogP contribution in [0.4, 0.5) is 5.13 Å². The van der Waals surface area contributed by atoms with E-state index in [4.69, 9.17) is 4.74 Å². The molecule has 0 aliphatic carbocycles. The molecular weight excluding hydrogens is 284 g/mol. The molecule has 1 atom stereocenters. The Morgan fingerprint density at radius 1 is 1.63 bits per heavy atom. The SMILES string of the molecule is CCC(CSC)N(C)c1nc(COC)c(C(=O)O)s1. The molecule has 1 N–H and O–H groups in total.